The highest BCUT2D eigenvalue weighted by atomic mass is 35.5. The molecule has 0 aromatic heterocycles. The zero-order chi connectivity index (χ0) is 22.7. The molecule has 1 aromatic rings. The van der Waals surface area contributed by atoms with Crippen LogP contribution in [-0.2, 0) is 9.53 Å². The number of hydrogen-bond acceptors (Lipinski definition) is 4. The topological polar surface area (TPSA) is 71.0 Å². The minimum absolute atomic E-state index is 0.214. The molecule has 2 aliphatic heterocycles. The van der Waals surface area contributed by atoms with Crippen molar-refractivity contribution in [3.63, 3.8) is 0 Å². The summed E-state index contributed by atoms with van der Waals surface area (Å²) in [5, 5.41) is 3.44. The Bertz CT molecular complexity index is 925. The molecule has 0 aliphatic carbocycles. The van der Waals surface area contributed by atoms with Gasteiger partial charge in [-0.05, 0) is 71.2 Å². The molecule has 2 amide bonds. The van der Waals surface area contributed by atoms with E-state index < -0.39 is 5.92 Å². The SMILES string of the molecule is CCN(c1cc(Cl)cc(C(=O)NCC2C(=O)N=C(C)C=C2C)c1C)[C@H]1CCO[C@H](C)C1. The summed E-state index contributed by atoms with van der Waals surface area (Å²) in [5.41, 5.74) is 4.00. The fourth-order valence-electron chi connectivity index (χ4n) is 4.53. The predicted molar refractivity (Wildman–Crippen MR) is 125 cm³/mol. The van der Waals surface area contributed by atoms with E-state index in [1.54, 1.807) is 13.0 Å². The van der Waals surface area contributed by atoms with Gasteiger partial charge in [0.05, 0.1) is 12.0 Å². The largest absolute Gasteiger partial charge is 0.378 e. The molecule has 3 rings (SSSR count). The molecule has 0 bridgehead atoms. The number of aliphatic imine (C=N–C) groups is 1. The number of carbonyl (C=O) groups is 2. The van der Waals surface area contributed by atoms with E-state index in [1.807, 2.05) is 26.0 Å². The maximum atomic E-state index is 13.1. The third-order valence-corrected chi connectivity index (χ3v) is 6.39. The molecule has 1 fully saturated rings. The van der Waals surface area contributed by atoms with Gasteiger partial charge in [-0.25, -0.2) is 4.99 Å². The lowest BCUT2D eigenvalue weighted by molar-refractivity contribution is -0.120. The molecule has 7 heteroatoms. The second-order valence-corrected chi connectivity index (χ2v) is 8.92. The monoisotopic (exact) mass is 445 g/mol. The predicted octanol–water partition coefficient (Wildman–Crippen LogP) is 4.34. The van der Waals surface area contributed by atoms with Crippen LogP contribution in [0.25, 0.3) is 0 Å². The van der Waals surface area contributed by atoms with Gasteiger partial charge in [0.15, 0.2) is 0 Å². The van der Waals surface area contributed by atoms with Crippen molar-refractivity contribution >= 4 is 34.8 Å². The van der Waals surface area contributed by atoms with E-state index in [0.717, 1.165) is 42.8 Å². The van der Waals surface area contributed by atoms with Gasteiger partial charge in [-0.1, -0.05) is 17.2 Å². The smallest absolute Gasteiger partial charge is 0.254 e. The second-order valence-electron chi connectivity index (χ2n) is 8.49. The van der Waals surface area contributed by atoms with Crippen LogP contribution >= 0.6 is 11.6 Å². The van der Waals surface area contributed by atoms with E-state index in [1.165, 1.54) is 0 Å². The minimum atomic E-state index is -0.428. The van der Waals surface area contributed by atoms with Gasteiger partial charge in [-0.15, -0.1) is 0 Å². The Balaban J connectivity index is 1.80. The van der Waals surface area contributed by atoms with Gasteiger partial charge in [-0.3, -0.25) is 9.59 Å². The quantitative estimate of drug-likeness (QED) is 0.707. The standard InChI is InChI=1S/C24H32ClN3O3/c1-6-28(19-7-8-31-16(4)10-19)22-12-18(25)11-20(17(22)5)23(29)26-13-21-14(2)9-15(3)27-24(21)30/h9,11-12,16,19,21H,6-8,10,13H2,1-5H3,(H,26,29)/t16-,19+,21?/m1/s1. The van der Waals surface area contributed by atoms with E-state index in [2.05, 4.69) is 29.1 Å². The van der Waals surface area contributed by atoms with Gasteiger partial charge in [-0.2, -0.15) is 0 Å². The number of benzene rings is 1. The molecule has 31 heavy (non-hydrogen) atoms. The summed E-state index contributed by atoms with van der Waals surface area (Å²) in [4.78, 5) is 31.6. The van der Waals surface area contributed by atoms with Crippen molar-refractivity contribution in [1.29, 1.82) is 0 Å². The molecule has 0 radical (unpaired) electrons. The van der Waals surface area contributed by atoms with Crippen molar-refractivity contribution in [2.45, 2.75) is 59.6 Å². The molecule has 3 atom stereocenters. The third kappa shape index (κ3) is 5.36. The van der Waals surface area contributed by atoms with Gasteiger partial charge in [0.1, 0.15) is 0 Å². The first-order chi connectivity index (χ1) is 14.7. The van der Waals surface area contributed by atoms with Gasteiger partial charge in [0, 0.05) is 47.7 Å². The summed E-state index contributed by atoms with van der Waals surface area (Å²) < 4.78 is 5.71. The van der Waals surface area contributed by atoms with E-state index in [9.17, 15) is 9.59 Å². The normalized spacial score (nSPS) is 23.8. The Morgan fingerprint density at radius 1 is 1.32 bits per heavy atom. The summed E-state index contributed by atoms with van der Waals surface area (Å²) in [6, 6.07) is 3.98. The molecule has 1 aromatic carbocycles. The van der Waals surface area contributed by atoms with Crippen LogP contribution < -0.4 is 10.2 Å². The van der Waals surface area contributed by atoms with Crippen LogP contribution in [0.4, 0.5) is 5.69 Å². The summed E-state index contributed by atoms with van der Waals surface area (Å²) in [6.45, 7) is 11.6. The zero-order valence-corrected chi connectivity index (χ0v) is 19.8. The summed E-state index contributed by atoms with van der Waals surface area (Å²) >= 11 is 6.43. The number of nitrogens with one attached hydrogen (secondary N) is 1. The number of halogens is 1. The maximum Gasteiger partial charge on any atom is 0.254 e. The molecule has 0 saturated carbocycles. The van der Waals surface area contributed by atoms with Crippen molar-refractivity contribution in [1.82, 2.24) is 5.32 Å². The molecule has 6 nitrogen and oxygen atoms in total. The highest BCUT2D eigenvalue weighted by Gasteiger charge is 2.28. The Hall–Kier alpha value is -2.18. The van der Waals surface area contributed by atoms with Gasteiger partial charge in [0.25, 0.3) is 11.8 Å². The molecule has 2 heterocycles. The molecule has 0 spiro atoms. The number of ether oxygens (including phenoxy) is 1. The number of amides is 2. The highest BCUT2D eigenvalue weighted by Crippen LogP contribution is 2.32. The lowest BCUT2D eigenvalue weighted by Crippen LogP contribution is -2.42. The number of dihydropyridines is 1. The fourth-order valence-corrected chi connectivity index (χ4v) is 4.74. The summed E-state index contributed by atoms with van der Waals surface area (Å²) in [5.74, 6) is -0.876. The number of rotatable bonds is 6. The maximum absolute atomic E-state index is 13.1. The molecular weight excluding hydrogens is 414 g/mol. The van der Waals surface area contributed by atoms with Crippen LogP contribution in [0, 0.1) is 12.8 Å². The van der Waals surface area contributed by atoms with Crippen LogP contribution in [0.5, 0.6) is 0 Å². The number of anilines is 1. The highest BCUT2D eigenvalue weighted by molar-refractivity contribution is 6.31. The van der Waals surface area contributed by atoms with Gasteiger partial charge in [0.2, 0.25) is 0 Å². The summed E-state index contributed by atoms with van der Waals surface area (Å²) in [6.07, 6.45) is 3.98. The van der Waals surface area contributed by atoms with E-state index in [0.29, 0.717) is 22.3 Å². The number of hydrogen-bond donors (Lipinski definition) is 1. The molecule has 1 unspecified atom stereocenters. The first kappa shape index (κ1) is 23.5. The fraction of sp³-hybridized carbons (Fsp3) is 0.542. The number of nitrogens with zero attached hydrogens (tertiary/aromatic N) is 2. The average molecular weight is 446 g/mol. The Kier molecular flexibility index (Phi) is 7.55. The van der Waals surface area contributed by atoms with Gasteiger partial charge >= 0.3 is 0 Å². The van der Waals surface area contributed by atoms with Gasteiger partial charge < -0.3 is 15.0 Å². The van der Waals surface area contributed by atoms with Crippen LogP contribution in [0.3, 0.4) is 0 Å². The summed E-state index contributed by atoms with van der Waals surface area (Å²) in [7, 11) is 0. The van der Waals surface area contributed by atoms with Crippen molar-refractivity contribution in [2.24, 2.45) is 10.9 Å². The van der Waals surface area contributed by atoms with E-state index in [-0.39, 0.29) is 24.5 Å². The van der Waals surface area contributed by atoms with Crippen molar-refractivity contribution in [3.05, 3.63) is 39.9 Å². The number of allylic oxidation sites excluding steroid dienone is 1. The van der Waals surface area contributed by atoms with E-state index in [4.69, 9.17) is 16.3 Å². The van der Waals surface area contributed by atoms with Crippen molar-refractivity contribution in [3.8, 4) is 0 Å². The van der Waals surface area contributed by atoms with Crippen LogP contribution in [-0.4, -0.2) is 49.4 Å². The second kappa shape index (κ2) is 9.96. The zero-order valence-electron chi connectivity index (χ0n) is 19.0. The lowest BCUT2D eigenvalue weighted by atomic mass is 9.95. The van der Waals surface area contributed by atoms with E-state index >= 15 is 0 Å². The van der Waals surface area contributed by atoms with Crippen LogP contribution in [0.15, 0.2) is 28.8 Å². The molecule has 1 N–H and O–H groups in total. The first-order valence-electron chi connectivity index (χ1n) is 10.9. The van der Waals surface area contributed by atoms with Crippen molar-refractivity contribution in [2.75, 3.05) is 24.6 Å². The van der Waals surface area contributed by atoms with Crippen LogP contribution in [0.1, 0.15) is 56.5 Å². The van der Waals surface area contributed by atoms with Crippen molar-refractivity contribution < 1.29 is 14.3 Å². The minimum Gasteiger partial charge on any atom is -0.378 e. The first-order valence-corrected chi connectivity index (χ1v) is 11.3. The molecule has 168 valence electrons. The Morgan fingerprint density at radius 3 is 2.71 bits per heavy atom. The molecule has 1 saturated heterocycles. The Labute approximate surface area is 189 Å². The van der Waals surface area contributed by atoms with Crippen LogP contribution in [0.2, 0.25) is 5.02 Å². The third-order valence-electron chi connectivity index (χ3n) is 6.18. The lowest BCUT2D eigenvalue weighted by Gasteiger charge is -2.38. The number of carbonyl (C=O) groups excluding carboxylic acids is 2. The molecule has 2 aliphatic rings. The Morgan fingerprint density at radius 2 is 2.06 bits per heavy atom. The average Bonchev–Trinajstić information content (AvgIpc) is 2.70. The molecular formula is C24H32ClN3O3.